The number of nitrogens with one attached hydrogen (secondary N) is 2. The second kappa shape index (κ2) is 12.8. The molecule has 0 fully saturated rings. The number of carbonyl (C=O) groups is 4. The van der Waals surface area contributed by atoms with Gasteiger partial charge in [0.2, 0.25) is 5.91 Å². The summed E-state index contributed by atoms with van der Waals surface area (Å²) in [6.45, 7) is 3.75. The van der Waals surface area contributed by atoms with Crippen molar-refractivity contribution in [1.29, 1.82) is 0 Å². The molecule has 1 aliphatic rings. The molecule has 40 heavy (non-hydrogen) atoms. The minimum absolute atomic E-state index is 0.0190. The molecule has 0 radical (unpaired) electrons. The Morgan fingerprint density at radius 1 is 0.875 bits per heavy atom. The van der Waals surface area contributed by atoms with Crippen molar-refractivity contribution in [3.8, 4) is 0 Å². The lowest BCUT2D eigenvalue weighted by Crippen LogP contribution is -2.53. The van der Waals surface area contributed by atoms with E-state index in [4.69, 9.17) is 0 Å². The Bertz CT molecular complexity index is 1340. The minimum Gasteiger partial charge on any atom is -0.480 e. The van der Waals surface area contributed by atoms with Crippen molar-refractivity contribution < 1.29 is 29.4 Å². The van der Waals surface area contributed by atoms with E-state index in [1.807, 2.05) is 68.4 Å². The molecule has 9 nitrogen and oxygen atoms in total. The molecule has 1 unspecified atom stereocenters. The van der Waals surface area contributed by atoms with Crippen LogP contribution in [0.25, 0.3) is 10.8 Å². The summed E-state index contributed by atoms with van der Waals surface area (Å²) in [7, 11) is 0. The van der Waals surface area contributed by atoms with Gasteiger partial charge in [0.15, 0.2) is 0 Å². The molecular weight excluding hydrogens is 510 g/mol. The standard InChI is InChI=1S/C31H35N3O6/c1-19(2)14-27(28(36)32-18-23(35)15-20-8-4-3-5-9-20)33-26(31(39)40)12-13-34-29(37)24-16-21-10-6-7-11-22(21)17-25(24)30(34)38/h3-11,16-17,19,23,26-27,33,35H,12-15,18H2,1-2H3,(H,32,36)(H,39,40)/t23?,26-,27+/m1/s1. The second-order valence-electron chi connectivity index (χ2n) is 10.6. The van der Waals surface area contributed by atoms with Crippen molar-refractivity contribution in [3.05, 3.63) is 83.4 Å². The normalized spacial score (nSPS) is 15.2. The minimum atomic E-state index is -1.19. The summed E-state index contributed by atoms with van der Waals surface area (Å²) >= 11 is 0. The SMILES string of the molecule is CC(C)C[C@H](N[C@H](CCN1C(=O)c2cc3ccccc3cc2C1=O)C(=O)O)C(=O)NCC(O)Cc1ccccc1. The van der Waals surface area contributed by atoms with E-state index in [0.29, 0.717) is 24.0 Å². The van der Waals surface area contributed by atoms with E-state index in [1.165, 1.54) is 0 Å². The third-order valence-corrected chi connectivity index (χ3v) is 7.03. The molecular formula is C31H35N3O6. The number of benzene rings is 3. The topological polar surface area (TPSA) is 136 Å². The maximum absolute atomic E-state index is 13.0. The molecule has 0 spiro atoms. The van der Waals surface area contributed by atoms with Crippen molar-refractivity contribution in [2.75, 3.05) is 13.1 Å². The first-order valence-electron chi connectivity index (χ1n) is 13.5. The van der Waals surface area contributed by atoms with Gasteiger partial charge in [0.05, 0.1) is 23.3 Å². The van der Waals surface area contributed by atoms with Crippen LogP contribution in [-0.4, -0.2) is 70.1 Å². The maximum atomic E-state index is 13.0. The Balaban J connectivity index is 1.38. The van der Waals surface area contributed by atoms with Crippen LogP contribution in [0, 0.1) is 5.92 Å². The van der Waals surface area contributed by atoms with Gasteiger partial charge in [-0.15, -0.1) is 0 Å². The van der Waals surface area contributed by atoms with Crippen LogP contribution in [0.2, 0.25) is 0 Å². The average Bonchev–Trinajstić information content (AvgIpc) is 3.16. The number of fused-ring (bicyclic) bond motifs is 2. The fraction of sp³-hybridized carbons (Fsp3) is 0.355. The number of imide groups is 1. The van der Waals surface area contributed by atoms with Gasteiger partial charge >= 0.3 is 5.97 Å². The van der Waals surface area contributed by atoms with Crippen LogP contribution in [0.3, 0.4) is 0 Å². The first kappa shape index (κ1) is 28.9. The van der Waals surface area contributed by atoms with Crippen LogP contribution >= 0.6 is 0 Å². The highest BCUT2D eigenvalue weighted by Gasteiger charge is 2.37. The summed E-state index contributed by atoms with van der Waals surface area (Å²) in [6.07, 6.45) is -0.133. The van der Waals surface area contributed by atoms with E-state index < -0.39 is 41.9 Å². The lowest BCUT2D eigenvalue weighted by atomic mass is 10.0. The number of carbonyl (C=O) groups excluding carboxylic acids is 3. The molecule has 210 valence electrons. The van der Waals surface area contributed by atoms with Crippen LogP contribution in [0.5, 0.6) is 0 Å². The van der Waals surface area contributed by atoms with Crippen LogP contribution in [-0.2, 0) is 16.0 Å². The first-order chi connectivity index (χ1) is 19.1. The molecule has 4 rings (SSSR count). The van der Waals surface area contributed by atoms with Gasteiger partial charge < -0.3 is 15.5 Å². The van der Waals surface area contributed by atoms with Crippen molar-refractivity contribution in [2.24, 2.45) is 5.92 Å². The Morgan fingerprint density at radius 2 is 1.45 bits per heavy atom. The summed E-state index contributed by atoms with van der Waals surface area (Å²) in [6, 6.07) is 18.2. The number of rotatable bonds is 13. The van der Waals surface area contributed by atoms with Crippen molar-refractivity contribution in [1.82, 2.24) is 15.5 Å². The fourth-order valence-electron chi connectivity index (χ4n) is 4.98. The molecule has 3 aromatic rings. The quantitative estimate of drug-likeness (QED) is 0.243. The molecule has 1 heterocycles. The summed E-state index contributed by atoms with van der Waals surface area (Å²) in [5.41, 5.74) is 1.54. The second-order valence-corrected chi connectivity index (χ2v) is 10.6. The highest BCUT2D eigenvalue weighted by atomic mass is 16.4. The molecule has 3 aromatic carbocycles. The molecule has 3 amide bonds. The monoisotopic (exact) mass is 545 g/mol. The predicted molar refractivity (Wildman–Crippen MR) is 151 cm³/mol. The van der Waals surface area contributed by atoms with Gasteiger partial charge in [-0.25, -0.2) is 0 Å². The van der Waals surface area contributed by atoms with Gasteiger partial charge in [-0.2, -0.15) is 0 Å². The number of aliphatic carboxylic acids is 1. The number of amides is 3. The largest absolute Gasteiger partial charge is 0.480 e. The Hall–Kier alpha value is -4.08. The Morgan fingerprint density at radius 3 is 2.00 bits per heavy atom. The molecule has 0 saturated heterocycles. The number of nitrogens with zero attached hydrogens (tertiary/aromatic N) is 1. The summed E-state index contributed by atoms with van der Waals surface area (Å²) < 4.78 is 0. The summed E-state index contributed by atoms with van der Waals surface area (Å²) in [5, 5.41) is 27.6. The van der Waals surface area contributed by atoms with Gasteiger partial charge in [-0.1, -0.05) is 68.4 Å². The smallest absolute Gasteiger partial charge is 0.320 e. The number of carboxylic acid groups (broad SMARTS) is 1. The predicted octanol–water partition coefficient (Wildman–Crippen LogP) is 3.00. The first-order valence-corrected chi connectivity index (χ1v) is 13.5. The van der Waals surface area contributed by atoms with Gasteiger partial charge in [0.25, 0.3) is 11.8 Å². The Labute approximate surface area is 233 Å². The van der Waals surface area contributed by atoms with E-state index in [-0.39, 0.29) is 25.4 Å². The van der Waals surface area contributed by atoms with E-state index in [1.54, 1.807) is 12.1 Å². The van der Waals surface area contributed by atoms with E-state index in [9.17, 15) is 29.4 Å². The number of hydrogen-bond acceptors (Lipinski definition) is 6. The van der Waals surface area contributed by atoms with Crippen molar-refractivity contribution in [2.45, 2.75) is 51.3 Å². The van der Waals surface area contributed by atoms with Gasteiger partial charge in [-0.05, 0) is 47.2 Å². The molecule has 1 aliphatic heterocycles. The molecule has 4 N–H and O–H groups in total. The maximum Gasteiger partial charge on any atom is 0.320 e. The third-order valence-electron chi connectivity index (χ3n) is 7.03. The lowest BCUT2D eigenvalue weighted by molar-refractivity contribution is -0.140. The van der Waals surface area contributed by atoms with Crippen LogP contribution in [0.4, 0.5) is 0 Å². The summed E-state index contributed by atoms with van der Waals surface area (Å²) in [5.74, 6) is -2.44. The zero-order valence-electron chi connectivity index (χ0n) is 22.7. The molecule has 3 atom stereocenters. The average molecular weight is 546 g/mol. The highest BCUT2D eigenvalue weighted by molar-refractivity contribution is 6.23. The third kappa shape index (κ3) is 6.91. The van der Waals surface area contributed by atoms with Gasteiger partial charge in [-0.3, -0.25) is 29.4 Å². The van der Waals surface area contributed by atoms with Crippen molar-refractivity contribution in [3.63, 3.8) is 0 Å². The van der Waals surface area contributed by atoms with Crippen LogP contribution in [0.1, 0.15) is 53.0 Å². The fourth-order valence-corrected chi connectivity index (χ4v) is 4.98. The van der Waals surface area contributed by atoms with Gasteiger partial charge in [0.1, 0.15) is 6.04 Å². The number of hydrogen-bond donors (Lipinski definition) is 4. The molecule has 0 bridgehead atoms. The Kier molecular flexibility index (Phi) is 9.29. The number of aliphatic hydroxyl groups is 1. The number of aliphatic hydroxyl groups excluding tert-OH is 1. The van der Waals surface area contributed by atoms with E-state index in [0.717, 1.165) is 21.2 Å². The van der Waals surface area contributed by atoms with Crippen molar-refractivity contribution >= 4 is 34.5 Å². The van der Waals surface area contributed by atoms with Crippen LogP contribution < -0.4 is 10.6 Å². The molecule has 9 heteroatoms. The lowest BCUT2D eigenvalue weighted by Gasteiger charge is -2.26. The molecule has 0 aromatic heterocycles. The molecule has 0 aliphatic carbocycles. The van der Waals surface area contributed by atoms with E-state index in [2.05, 4.69) is 10.6 Å². The zero-order chi connectivity index (χ0) is 28.8. The highest BCUT2D eigenvalue weighted by Crippen LogP contribution is 2.28. The molecule has 0 saturated carbocycles. The zero-order valence-corrected chi connectivity index (χ0v) is 22.7. The van der Waals surface area contributed by atoms with E-state index >= 15 is 0 Å². The summed E-state index contributed by atoms with van der Waals surface area (Å²) in [4.78, 5) is 52.3. The number of carboxylic acids is 1. The van der Waals surface area contributed by atoms with Gasteiger partial charge in [0, 0.05) is 19.5 Å². The van der Waals surface area contributed by atoms with Crippen LogP contribution in [0.15, 0.2) is 66.7 Å².